The number of esters is 1. The highest BCUT2D eigenvalue weighted by Gasteiger charge is 2.17. The van der Waals surface area contributed by atoms with Crippen LogP contribution in [0.2, 0.25) is 10.2 Å². The molecule has 0 saturated heterocycles. The molecule has 76 valence electrons. The molecule has 0 aromatic carbocycles. The molecule has 1 heterocycles. The van der Waals surface area contributed by atoms with Crippen molar-refractivity contribution in [3.63, 3.8) is 0 Å². The summed E-state index contributed by atoms with van der Waals surface area (Å²) in [5.74, 6) is -0.553. The fourth-order valence-corrected chi connectivity index (χ4v) is 1.38. The summed E-state index contributed by atoms with van der Waals surface area (Å²) in [6, 6.07) is 1.49. The van der Waals surface area contributed by atoms with E-state index >= 15 is 0 Å². The van der Waals surface area contributed by atoms with Gasteiger partial charge in [0.25, 0.3) is 0 Å². The maximum Gasteiger partial charge on any atom is 0.343 e. The zero-order chi connectivity index (χ0) is 10.7. The maximum absolute atomic E-state index is 11.5. The second kappa shape index (κ2) is 4.62. The second-order valence-electron chi connectivity index (χ2n) is 2.91. The Hall–Kier alpha value is -0.800. The van der Waals surface area contributed by atoms with Gasteiger partial charge in [0, 0.05) is 6.20 Å². The molecule has 5 heteroatoms. The predicted octanol–water partition coefficient (Wildman–Crippen LogP) is 2.95. The maximum atomic E-state index is 11.5. The van der Waals surface area contributed by atoms with Crippen LogP contribution in [-0.4, -0.2) is 17.1 Å². The minimum absolute atomic E-state index is 0.0585. The molecule has 14 heavy (non-hydrogen) atoms. The molecule has 0 atom stereocenters. The number of aromatic nitrogens is 1. The van der Waals surface area contributed by atoms with Crippen molar-refractivity contribution in [2.45, 2.75) is 20.0 Å². The highest BCUT2D eigenvalue weighted by molar-refractivity contribution is 6.38. The van der Waals surface area contributed by atoms with Gasteiger partial charge in [0.15, 0.2) is 0 Å². The van der Waals surface area contributed by atoms with Gasteiger partial charge in [0.2, 0.25) is 0 Å². The van der Waals surface area contributed by atoms with Crippen LogP contribution in [0.25, 0.3) is 0 Å². The third kappa shape index (κ3) is 2.59. The van der Waals surface area contributed by atoms with Gasteiger partial charge < -0.3 is 4.74 Å². The summed E-state index contributed by atoms with van der Waals surface area (Å²) in [6.07, 6.45) is 1.21. The molecule has 0 spiro atoms. The van der Waals surface area contributed by atoms with Crippen molar-refractivity contribution in [1.29, 1.82) is 0 Å². The van der Waals surface area contributed by atoms with Crippen LogP contribution < -0.4 is 0 Å². The van der Waals surface area contributed by atoms with Crippen LogP contribution in [0, 0.1) is 0 Å². The van der Waals surface area contributed by atoms with Crippen molar-refractivity contribution in [2.75, 3.05) is 0 Å². The lowest BCUT2D eigenvalue weighted by molar-refractivity contribution is 0.0378. The number of halogens is 2. The van der Waals surface area contributed by atoms with E-state index in [1.807, 2.05) is 0 Å². The monoisotopic (exact) mass is 233 g/mol. The fourth-order valence-electron chi connectivity index (χ4n) is 0.869. The largest absolute Gasteiger partial charge is 0.459 e. The zero-order valence-corrected chi connectivity index (χ0v) is 9.26. The molecule has 0 amide bonds. The minimum atomic E-state index is -0.553. The zero-order valence-electron chi connectivity index (χ0n) is 7.75. The van der Waals surface area contributed by atoms with E-state index in [9.17, 15) is 4.79 Å². The Bertz CT molecular complexity index is 332. The van der Waals surface area contributed by atoms with Gasteiger partial charge in [-0.3, -0.25) is 0 Å². The Balaban J connectivity index is 3.00. The molecular formula is C9H9Cl2NO2. The number of carbonyl (C=O) groups excluding carboxylic acids is 1. The van der Waals surface area contributed by atoms with E-state index < -0.39 is 5.97 Å². The summed E-state index contributed by atoms with van der Waals surface area (Å²) in [7, 11) is 0. The van der Waals surface area contributed by atoms with Crippen LogP contribution in [0.3, 0.4) is 0 Å². The molecule has 0 aliphatic carbocycles. The van der Waals surface area contributed by atoms with Gasteiger partial charge in [0.1, 0.15) is 10.7 Å². The lowest BCUT2D eigenvalue weighted by Crippen LogP contribution is -2.13. The van der Waals surface area contributed by atoms with Gasteiger partial charge >= 0.3 is 5.97 Å². The van der Waals surface area contributed by atoms with Gasteiger partial charge in [-0.1, -0.05) is 23.2 Å². The molecule has 0 N–H and O–H groups in total. The lowest BCUT2D eigenvalue weighted by Gasteiger charge is -2.09. The normalized spacial score (nSPS) is 10.4. The number of carbonyl (C=O) groups is 1. The Labute approximate surface area is 92.0 Å². The van der Waals surface area contributed by atoms with Crippen LogP contribution in [0.15, 0.2) is 12.3 Å². The van der Waals surface area contributed by atoms with Gasteiger partial charge in [0.05, 0.1) is 11.1 Å². The molecule has 0 saturated carbocycles. The van der Waals surface area contributed by atoms with Crippen molar-refractivity contribution in [3.05, 3.63) is 28.0 Å². The first kappa shape index (κ1) is 11.3. The van der Waals surface area contributed by atoms with E-state index in [-0.39, 0.29) is 21.8 Å². The standard InChI is InChI=1S/C9H9Cl2NO2/c1-5(2)14-9(13)7-6(10)3-4-12-8(7)11/h3-5H,1-2H3. The summed E-state index contributed by atoms with van der Waals surface area (Å²) >= 11 is 11.5. The van der Waals surface area contributed by atoms with Crippen LogP contribution in [0.1, 0.15) is 24.2 Å². The third-order valence-corrected chi connectivity index (χ3v) is 2.00. The summed E-state index contributed by atoms with van der Waals surface area (Å²) in [5.41, 5.74) is 0.115. The number of hydrogen-bond donors (Lipinski definition) is 0. The van der Waals surface area contributed by atoms with Crippen molar-refractivity contribution < 1.29 is 9.53 Å². The minimum Gasteiger partial charge on any atom is -0.459 e. The smallest absolute Gasteiger partial charge is 0.343 e. The molecule has 0 aliphatic heterocycles. The number of rotatable bonds is 2. The first-order valence-electron chi connectivity index (χ1n) is 4.03. The van der Waals surface area contributed by atoms with E-state index in [0.717, 1.165) is 0 Å². The van der Waals surface area contributed by atoms with E-state index in [0.29, 0.717) is 0 Å². The van der Waals surface area contributed by atoms with E-state index in [4.69, 9.17) is 27.9 Å². The number of hydrogen-bond acceptors (Lipinski definition) is 3. The second-order valence-corrected chi connectivity index (χ2v) is 3.68. The van der Waals surface area contributed by atoms with Crippen LogP contribution >= 0.6 is 23.2 Å². The molecular weight excluding hydrogens is 225 g/mol. The molecule has 0 unspecified atom stereocenters. The molecule has 0 fully saturated rings. The van der Waals surface area contributed by atoms with Crippen LogP contribution in [-0.2, 0) is 4.74 Å². The molecule has 1 rings (SSSR count). The molecule has 0 radical (unpaired) electrons. The average molecular weight is 234 g/mol. The Morgan fingerprint density at radius 1 is 1.50 bits per heavy atom. The van der Waals surface area contributed by atoms with Gasteiger partial charge in [-0.25, -0.2) is 9.78 Å². The van der Waals surface area contributed by atoms with Crippen molar-refractivity contribution >= 4 is 29.2 Å². The van der Waals surface area contributed by atoms with Crippen molar-refractivity contribution in [2.24, 2.45) is 0 Å². The molecule has 0 aliphatic rings. The van der Waals surface area contributed by atoms with Crippen molar-refractivity contribution in [3.8, 4) is 0 Å². The summed E-state index contributed by atoms with van der Waals surface area (Å²) in [4.78, 5) is 15.2. The van der Waals surface area contributed by atoms with E-state index in [1.165, 1.54) is 12.3 Å². The Kier molecular flexibility index (Phi) is 3.72. The highest BCUT2D eigenvalue weighted by atomic mass is 35.5. The van der Waals surface area contributed by atoms with E-state index in [2.05, 4.69) is 4.98 Å². The fraction of sp³-hybridized carbons (Fsp3) is 0.333. The molecule has 3 nitrogen and oxygen atoms in total. The van der Waals surface area contributed by atoms with Gasteiger partial charge in [-0.05, 0) is 19.9 Å². The summed E-state index contributed by atoms with van der Waals surface area (Å²) in [5, 5.41) is 0.304. The third-order valence-electron chi connectivity index (χ3n) is 1.40. The average Bonchev–Trinajstić information content (AvgIpc) is 2.01. The molecule has 1 aromatic rings. The quantitative estimate of drug-likeness (QED) is 0.583. The Morgan fingerprint density at radius 3 is 2.64 bits per heavy atom. The summed E-state index contributed by atoms with van der Waals surface area (Å²) < 4.78 is 4.95. The number of nitrogens with zero attached hydrogens (tertiary/aromatic N) is 1. The first-order chi connectivity index (χ1) is 6.52. The SMILES string of the molecule is CC(C)OC(=O)c1c(Cl)ccnc1Cl. The van der Waals surface area contributed by atoms with Crippen LogP contribution in [0.5, 0.6) is 0 Å². The van der Waals surface area contributed by atoms with Gasteiger partial charge in [-0.15, -0.1) is 0 Å². The van der Waals surface area contributed by atoms with Crippen LogP contribution in [0.4, 0.5) is 0 Å². The lowest BCUT2D eigenvalue weighted by atomic mass is 10.3. The number of pyridine rings is 1. The number of ether oxygens (including phenoxy) is 1. The predicted molar refractivity (Wildman–Crippen MR) is 54.8 cm³/mol. The van der Waals surface area contributed by atoms with E-state index in [1.54, 1.807) is 13.8 Å². The van der Waals surface area contributed by atoms with Gasteiger partial charge in [-0.2, -0.15) is 0 Å². The Morgan fingerprint density at radius 2 is 2.14 bits per heavy atom. The first-order valence-corrected chi connectivity index (χ1v) is 4.79. The van der Waals surface area contributed by atoms with Crippen molar-refractivity contribution in [1.82, 2.24) is 4.98 Å². The summed E-state index contributed by atoms with van der Waals surface area (Å²) in [6.45, 7) is 3.49. The molecule has 1 aromatic heterocycles. The topological polar surface area (TPSA) is 39.2 Å². The molecule has 0 bridgehead atoms. The highest BCUT2D eigenvalue weighted by Crippen LogP contribution is 2.23.